The molecule has 4 aromatic carbocycles. The number of nitrogens with one attached hydrogen (secondary N) is 4. The van der Waals surface area contributed by atoms with Crippen molar-refractivity contribution in [3.05, 3.63) is 142 Å². The van der Waals surface area contributed by atoms with E-state index in [9.17, 15) is 0 Å². The quantitative estimate of drug-likeness (QED) is 0.314. The van der Waals surface area contributed by atoms with Crippen LogP contribution >= 0.6 is 0 Å². The molecular weight excluding hydrogens is 508 g/mol. The van der Waals surface area contributed by atoms with Crippen molar-refractivity contribution in [1.82, 2.24) is 21.3 Å². The molecule has 4 aromatic rings. The monoisotopic (exact) mass is 536 g/mol. The Hall–Kier alpha value is -5.24. The average Bonchev–Trinajstić information content (AvgIpc) is 3.78. The first-order valence-electron chi connectivity index (χ1n) is 13.9. The second kappa shape index (κ2) is 9.45. The molecule has 8 nitrogen and oxygen atoms in total. The SMILES string of the molecule is CN=C1NC(/N=C2\NC(NC3=NC(NC4=NCc5ccccc54)c4ccccc43)c3ccccc32)c2ccccc21. The topological polar surface area (TPSA) is 97.6 Å². The summed E-state index contributed by atoms with van der Waals surface area (Å²) < 4.78 is 0. The predicted molar refractivity (Wildman–Crippen MR) is 162 cm³/mol. The Kier molecular flexibility index (Phi) is 5.44. The molecule has 8 rings (SSSR count). The Labute approximate surface area is 238 Å². The zero-order valence-corrected chi connectivity index (χ0v) is 22.5. The normalized spacial score (nSPS) is 23.2. The molecule has 0 amide bonds. The summed E-state index contributed by atoms with van der Waals surface area (Å²) in [5.74, 6) is 3.42. The van der Waals surface area contributed by atoms with E-state index in [0.717, 1.165) is 62.3 Å². The standard InChI is InChI=1S/C33H28N8/c1-34-27-21-12-4-5-13-22(21)29(36-27)38-31-25-16-8-9-17-26(25)33(40-31)41-32-24-15-7-6-14-23(24)30(39-32)37-28-20-11-3-2-10-19(20)18-35-28/h2-17,29-30,33H,18H2,1H3,(H,34,36)(H,35,37)(H,38,40)(H,39,41). The van der Waals surface area contributed by atoms with Gasteiger partial charge in [0.2, 0.25) is 0 Å². The molecule has 0 radical (unpaired) electrons. The Morgan fingerprint density at radius 1 is 0.659 bits per heavy atom. The number of aliphatic imine (C=N–C) groups is 4. The van der Waals surface area contributed by atoms with Crippen LogP contribution in [0.2, 0.25) is 0 Å². The first-order valence-corrected chi connectivity index (χ1v) is 13.9. The van der Waals surface area contributed by atoms with Gasteiger partial charge in [-0.05, 0) is 5.56 Å². The average molecular weight is 537 g/mol. The Morgan fingerprint density at radius 3 is 2.12 bits per heavy atom. The van der Waals surface area contributed by atoms with Crippen molar-refractivity contribution in [2.75, 3.05) is 7.05 Å². The fourth-order valence-electron chi connectivity index (χ4n) is 6.10. The van der Waals surface area contributed by atoms with E-state index in [-0.39, 0.29) is 18.5 Å². The molecule has 0 aromatic heterocycles. The van der Waals surface area contributed by atoms with Gasteiger partial charge in [-0.3, -0.25) is 9.98 Å². The van der Waals surface area contributed by atoms with Crippen molar-refractivity contribution < 1.29 is 0 Å². The van der Waals surface area contributed by atoms with E-state index in [2.05, 4.69) is 111 Å². The van der Waals surface area contributed by atoms with Crippen LogP contribution in [0.25, 0.3) is 0 Å². The lowest BCUT2D eigenvalue weighted by molar-refractivity contribution is 0.618. The molecule has 0 spiro atoms. The third-order valence-corrected chi connectivity index (χ3v) is 8.08. The lowest BCUT2D eigenvalue weighted by atomic mass is 10.1. The van der Waals surface area contributed by atoms with Gasteiger partial charge in [-0.15, -0.1) is 0 Å². The number of amidine groups is 4. The van der Waals surface area contributed by atoms with Crippen molar-refractivity contribution in [1.29, 1.82) is 0 Å². The number of hydrogen-bond acceptors (Lipinski definition) is 6. The summed E-state index contributed by atoms with van der Waals surface area (Å²) >= 11 is 0. The number of hydrogen-bond donors (Lipinski definition) is 4. The van der Waals surface area contributed by atoms with Gasteiger partial charge in [-0.2, -0.15) is 0 Å². The van der Waals surface area contributed by atoms with Gasteiger partial charge in [-0.1, -0.05) is 97.1 Å². The van der Waals surface area contributed by atoms with Gasteiger partial charge < -0.3 is 21.3 Å². The molecule has 0 saturated heterocycles. The van der Waals surface area contributed by atoms with Crippen LogP contribution in [0.4, 0.5) is 0 Å². The molecule has 4 aliphatic heterocycles. The molecule has 4 heterocycles. The smallest absolute Gasteiger partial charge is 0.148 e. The second-order valence-electron chi connectivity index (χ2n) is 10.4. The van der Waals surface area contributed by atoms with Gasteiger partial charge in [0.25, 0.3) is 0 Å². The Morgan fingerprint density at radius 2 is 1.32 bits per heavy atom. The summed E-state index contributed by atoms with van der Waals surface area (Å²) in [6.45, 7) is 0.693. The van der Waals surface area contributed by atoms with E-state index in [0.29, 0.717) is 6.54 Å². The highest BCUT2D eigenvalue weighted by atomic mass is 15.3. The summed E-state index contributed by atoms with van der Waals surface area (Å²) in [7, 11) is 1.80. The second-order valence-corrected chi connectivity index (χ2v) is 10.4. The summed E-state index contributed by atoms with van der Waals surface area (Å²) in [5, 5.41) is 14.4. The summed E-state index contributed by atoms with van der Waals surface area (Å²) in [6.07, 6.45) is -0.627. The zero-order valence-electron chi connectivity index (χ0n) is 22.5. The van der Waals surface area contributed by atoms with Crippen molar-refractivity contribution in [2.24, 2.45) is 20.0 Å². The molecule has 4 aliphatic rings. The minimum absolute atomic E-state index is 0.184. The third-order valence-electron chi connectivity index (χ3n) is 8.08. The molecule has 0 bridgehead atoms. The van der Waals surface area contributed by atoms with Crippen LogP contribution in [-0.2, 0) is 6.54 Å². The molecule has 3 unspecified atom stereocenters. The lowest BCUT2D eigenvalue weighted by Gasteiger charge is -2.17. The number of rotatable bonds is 3. The number of nitrogens with zero attached hydrogens (tertiary/aromatic N) is 4. The van der Waals surface area contributed by atoms with Crippen LogP contribution < -0.4 is 21.3 Å². The third kappa shape index (κ3) is 3.90. The molecule has 4 N–H and O–H groups in total. The molecule has 8 heteroatoms. The lowest BCUT2D eigenvalue weighted by Crippen LogP contribution is -2.36. The Balaban J connectivity index is 1.09. The van der Waals surface area contributed by atoms with E-state index < -0.39 is 0 Å². The number of fused-ring (bicyclic) bond motifs is 4. The van der Waals surface area contributed by atoms with Crippen LogP contribution in [0.5, 0.6) is 0 Å². The van der Waals surface area contributed by atoms with Crippen molar-refractivity contribution in [3.8, 4) is 0 Å². The highest BCUT2D eigenvalue weighted by Crippen LogP contribution is 2.33. The number of benzene rings is 4. The van der Waals surface area contributed by atoms with Crippen LogP contribution in [0, 0.1) is 0 Å². The maximum atomic E-state index is 5.14. The van der Waals surface area contributed by atoms with Crippen LogP contribution in [-0.4, -0.2) is 30.4 Å². The van der Waals surface area contributed by atoms with Gasteiger partial charge in [0, 0.05) is 46.0 Å². The predicted octanol–water partition coefficient (Wildman–Crippen LogP) is 4.31. The highest BCUT2D eigenvalue weighted by molar-refractivity contribution is 6.08. The van der Waals surface area contributed by atoms with E-state index in [1.165, 1.54) is 5.56 Å². The summed E-state index contributed by atoms with van der Waals surface area (Å²) in [5.41, 5.74) is 9.01. The van der Waals surface area contributed by atoms with Gasteiger partial charge >= 0.3 is 0 Å². The van der Waals surface area contributed by atoms with Crippen LogP contribution in [0.15, 0.2) is 117 Å². The molecule has 3 atom stereocenters. The molecule has 0 saturated carbocycles. The largest absolute Gasteiger partial charge is 0.346 e. The first-order chi connectivity index (χ1) is 20.3. The summed E-state index contributed by atoms with van der Waals surface area (Å²) in [4.78, 5) is 19.4. The zero-order chi connectivity index (χ0) is 27.3. The first kappa shape index (κ1) is 23.6. The van der Waals surface area contributed by atoms with Crippen molar-refractivity contribution in [3.63, 3.8) is 0 Å². The minimum atomic E-state index is -0.227. The van der Waals surface area contributed by atoms with E-state index >= 15 is 0 Å². The van der Waals surface area contributed by atoms with Gasteiger partial charge in [0.05, 0.1) is 6.54 Å². The maximum absolute atomic E-state index is 5.14. The highest BCUT2D eigenvalue weighted by Gasteiger charge is 2.34. The molecule has 41 heavy (non-hydrogen) atoms. The fraction of sp³-hybridized carbons (Fsp3) is 0.152. The van der Waals surface area contributed by atoms with Gasteiger partial charge in [0.1, 0.15) is 41.8 Å². The molecule has 0 aliphatic carbocycles. The summed E-state index contributed by atoms with van der Waals surface area (Å²) in [6, 6.07) is 33.4. The van der Waals surface area contributed by atoms with Crippen molar-refractivity contribution >= 4 is 23.3 Å². The molecular formula is C33H28N8. The van der Waals surface area contributed by atoms with Crippen LogP contribution in [0.1, 0.15) is 63.0 Å². The van der Waals surface area contributed by atoms with Crippen molar-refractivity contribution in [2.45, 2.75) is 25.0 Å². The van der Waals surface area contributed by atoms with Crippen LogP contribution in [0.3, 0.4) is 0 Å². The minimum Gasteiger partial charge on any atom is -0.346 e. The maximum Gasteiger partial charge on any atom is 0.148 e. The van der Waals surface area contributed by atoms with Gasteiger partial charge in [-0.25, -0.2) is 9.98 Å². The van der Waals surface area contributed by atoms with E-state index in [1.54, 1.807) is 7.05 Å². The molecule has 200 valence electrons. The van der Waals surface area contributed by atoms with Gasteiger partial charge in [0.15, 0.2) is 0 Å². The Bertz CT molecular complexity index is 1820. The van der Waals surface area contributed by atoms with E-state index in [4.69, 9.17) is 15.0 Å². The molecule has 0 fully saturated rings. The van der Waals surface area contributed by atoms with E-state index in [1.807, 2.05) is 12.1 Å². The fourth-order valence-corrected chi connectivity index (χ4v) is 6.10.